The Bertz CT molecular complexity index is 314. The number of carbonyl (C=O) groups is 2. The van der Waals surface area contributed by atoms with Crippen molar-refractivity contribution in [1.29, 1.82) is 0 Å². The van der Waals surface area contributed by atoms with Crippen molar-refractivity contribution in [3.63, 3.8) is 0 Å². The van der Waals surface area contributed by atoms with E-state index in [9.17, 15) is 18.0 Å². The molecule has 0 bridgehead atoms. The summed E-state index contributed by atoms with van der Waals surface area (Å²) in [6.45, 7) is 3.14. The van der Waals surface area contributed by atoms with Crippen LogP contribution in [0.5, 0.6) is 0 Å². The summed E-state index contributed by atoms with van der Waals surface area (Å²) in [5, 5.41) is 13.2. The SMILES string of the molecule is O=C(O)C(F)(F)F.O=C1CC2(CNCCOC2)N1. The van der Waals surface area contributed by atoms with Crippen molar-refractivity contribution in [3.8, 4) is 0 Å². The van der Waals surface area contributed by atoms with Gasteiger partial charge in [-0.05, 0) is 0 Å². The third-order valence-electron chi connectivity index (χ3n) is 2.41. The molecule has 0 aromatic heterocycles. The smallest absolute Gasteiger partial charge is 0.475 e. The number of rotatable bonds is 0. The predicted molar refractivity (Wildman–Crippen MR) is 52.9 cm³/mol. The Morgan fingerprint density at radius 3 is 2.44 bits per heavy atom. The van der Waals surface area contributed by atoms with Gasteiger partial charge < -0.3 is 20.5 Å². The molecule has 1 atom stereocenters. The van der Waals surface area contributed by atoms with Crippen LogP contribution >= 0.6 is 0 Å². The fourth-order valence-electron chi connectivity index (χ4n) is 1.57. The van der Waals surface area contributed by atoms with Gasteiger partial charge in [-0.2, -0.15) is 13.2 Å². The van der Waals surface area contributed by atoms with Gasteiger partial charge in [-0.15, -0.1) is 0 Å². The lowest BCUT2D eigenvalue weighted by Crippen LogP contribution is -2.67. The van der Waals surface area contributed by atoms with Gasteiger partial charge in [0, 0.05) is 13.1 Å². The number of hydrogen-bond acceptors (Lipinski definition) is 4. The molecule has 0 aromatic carbocycles. The molecular weight excluding hydrogens is 257 g/mol. The molecule has 0 aliphatic carbocycles. The van der Waals surface area contributed by atoms with E-state index in [4.69, 9.17) is 14.6 Å². The molecule has 3 N–H and O–H groups in total. The average molecular weight is 270 g/mol. The zero-order valence-corrected chi connectivity index (χ0v) is 9.34. The topological polar surface area (TPSA) is 87.7 Å². The van der Waals surface area contributed by atoms with E-state index in [0.29, 0.717) is 13.0 Å². The largest absolute Gasteiger partial charge is 0.490 e. The van der Waals surface area contributed by atoms with Crippen LogP contribution in [-0.2, 0) is 14.3 Å². The first-order valence-corrected chi connectivity index (χ1v) is 5.15. The maximum absolute atomic E-state index is 10.7. The van der Waals surface area contributed by atoms with Crippen LogP contribution in [0.25, 0.3) is 0 Å². The molecule has 2 fully saturated rings. The molecule has 1 spiro atoms. The lowest BCUT2D eigenvalue weighted by atomic mass is 9.88. The van der Waals surface area contributed by atoms with Gasteiger partial charge in [-0.3, -0.25) is 4.79 Å². The number of amides is 1. The van der Waals surface area contributed by atoms with Crippen LogP contribution in [0.4, 0.5) is 13.2 Å². The van der Waals surface area contributed by atoms with E-state index >= 15 is 0 Å². The first-order valence-electron chi connectivity index (χ1n) is 5.15. The van der Waals surface area contributed by atoms with Crippen molar-refractivity contribution in [3.05, 3.63) is 0 Å². The minimum atomic E-state index is -5.08. The Kier molecular flexibility index (Phi) is 4.52. The summed E-state index contributed by atoms with van der Waals surface area (Å²) in [7, 11) is 0. The first-order chi connectivity index (χ1) is 8.25. The standard InChI is InChI=1S/C7H12N2O2.C2HF3O2/c10-6-3-7(9-6)4-8-1-2-11-5-7;3-2(4,5)1(6)7/h8H,1-5H2,(H,9,10);(H,6,7). The monoisotopic (exact) mass is 270 g/mol. The summed E-state index contributed by atoms with van der Waals surface area (Å²) in [5.74, 6) is -2.62. The molecule has 1 unspecified atom stereocenters. The van der Waals surface area contributed by atoms with Gasteiger partial charge in [0.25, 0.3) is 0 Å². The Morgan fingerprint density at radius 2 is 2.00 bits per heavy atom. The molecule has 2 aliphatic heterocycles. The highest BCUT2D eigenvalue weighted by Crippen LogP contribution is 2.20. The lowest BCUT2D eigenvalue weighted by Gasteiger charge is -2.40. The summed E-state index contributed by atoms with van der Waals surface area (Å²) in [6.07, 6.45) is -4.47. The molecule has 2 heterocycles. The quantitative estimate of drug-likeness (QED) is 0.516. The molecule has 1 amide bonds. The zero-order chi connectivity index (χ0) is 13.8. The molecule has 2 aliphatic rings. The van der Waals surface area contributed by atoms with E-state index in [1.165, 1.54) is 0 Å². The minimum absolute atomic E-state index is 0.0758. The molecule has 0 saturated carbocycles. The van der Waals surface area contributed by atoms with Gasteiger partial charge in [-0.1, -0.05) is 0 Å². The highest BCUT2D eigenvalue weighted by atomic mass is 19.4. The van der Waals surface area contributed by atoms with Crippen molar-refractivity contribution < 1.29 is 32.6 Å². The number of carbonyl (C=O) groups excluding carboxylic acids is 1. The van der Waals surface area contributed by atoms with Gasteiger partial charge in [0.15, 0.2) is 0 Å². The van der Waals surface area contributed by atoms with Crippen molar-refractivity contribution in [2.24, 2.45) is 0 Å². The summed E-state index contributed by atoms with van der Waals surface area (Å²) in [6, 6.07) is 0. The van der Waals surface area contributed by atoms with Gasteiger partial charge in [-0.25, -0.2) is 4.79 Å². The number of halogens is 3. The molecule has 9 heteroatoms. The third-order valence-corrected chi connectivity index (χ3v) is 2.41. The maximum Gasteiger partial charge on any atom is 0.490 e. The molecule has 18 heavy (non-hydrogen) atoms. The number of β-lactam (4-membered cyclic amide) rings is 1. The molecule has 2 saturated heterocycles. The van der Waals surface area contributed by atoms with Crippen LogP contribution in [-0.4, -0.2) is 55.0 Å². The summed E-state index contributed by atoms with van der Waals surface area (Å²) in [4.78, 5) is 19.6. The maximum atomic E-state index is 10.7. The van der Waals surface area contributed by atoms with E-state index < -0.39 is 12.1 Å². The summed E-state index contributed by atoms with van der Waals surface area (Å²) >= 11 is 0. The van der Waals surface area contributed by atoms with Gasteiger partial charge >= 0.3 is 12.1 Å². The van der Waals surface area contributed by atoms with Gasteiger partial charge in [0.05, 0.1) is 25.2 Å². The van der Waals surface area contributed by atoms with Crippen LogP contribution in [0, 0.1) is 0 Å². The fourth-order valence-corrected chi connectivity index (χ4v) is 1.57. The second kappa shape index (κ2) is 5.53. The number of ether oxygens (including phenoxy) is 1. The fraction of sp³-hybridized carbons (Fsp3) is 0.778. The second-order valence-corrected chi connectivity index (χ2v) is 4.04. The van der Waals surface area contributed by atoms with Crippen molar-refractivity contribution in [1.82, 2.24) is 10.6 Å². The number of carboxylic acid groups (broad SMARTS) is 1. The van der Waals surface area contributed by atoms with Crippen LogP contribution in [0.1, 0.15) is 6.42 Å². The number of nitrogens with one attached hydrogen (secondary N) is 2. The second-order valence-electron chi connectivity index (χ2n) is 4.04. The lowest BCUT2D eigenvalue weighted by molar-refractivity contribution is -0.192. The Morgan fingerprint density at radius 1 is 1.44 bits per heavy atom. The van der Waals surface area contributed by atoms with E-state index in [2.05, 4.69) is 10.6 Å². The highest BCUT2D eigenvalue weighted by Gasteiger charge is 2.43. The molecule has 2 rings (SSSR count). The summed E-state index contributed by atoms with van der Waals surface area (Å²) in [5.41, 5.74) is -0.0758. The highest BCUT2D eigenvalue weighted by molar-refractivity contribution is 5.84. The van der Waals surface area contributed by atoms with Crippen molar-refractivity contribution >= 4 is 11.9 Å². The van der Waals surface area contributed by atoms with Crippen LogP contribution < -0.4 is 10.6 Å². The number of alkyl halides is 3. The Balaban J connectivity index is 0.000000203. The van der Waals surface area contributed by atoms with E-state index in [0.717, 1.165) is 19.7 Å². The molecule has 0 radical (unpaired) electrons. The molecule has 6 nitrogen and oxygen atoms in total. The molecule has 104 valence electrons. The zero-order valence-electron chi connectivity index (χ0n) is 9.34. The molecule has 0 aromatic rings. The van der Waals surface area contributed by atoms with E-state index in [1.54, 1.807) is 0 Å². The predicted octanol–water partition coefficient (Wildman–Crippen LogP) is -0.502. The Hall–Kier alpha value is -1.35. The number of aliphatic carboxylic acids is 1. The Labute approximate surface area is 100 Å². The van der Waals surface area contributed by atoms with Gasteiger partial charge in [0.1, 0.15) is 0 Å². The summed E-state index contributed by atoms with van der Waals surface area (Å²) < 4.78 is 37.1. The number of hydrogen-bond donors (Lipinski definition) is 3. The van der Waals surface area contributed by atoms with Gasteiger partial charge in [0.2, 0.25) is 5.91 Å². The van der Waals surface area contributed by atoms with E-state index in [-0.39, 0.29) is 11.4 Å². The van der Waals surface area contributed by atoms with Crippen LogP contribution in [0.15, 0.2) is 0 Å². The molecular formula is C9H13F3N2O4. The normalized spacial score (nSPS) is 27.4. The third kappa shape index (κ3) is 4.15. The number of carboxylic acids is 1. The van der Waals surface area contributed by atoms with Crippen molar-refractivity contribution in [2.45, 2.75) is 18.1 Å². The van der Waals surface area contributed by atoms with Crippen molar-refractivity contribution in [2.75, 3.05) is 26.3 Å². The minimum Gasteiger partial charge on any atom is -0.475 e. The van der Waals surface area contributed by atoms with E-state index in [1.807, 2.05) is 0 Å². The first kappa shape index (κ1) is 14.7. The van der Waals surface area contributed by atoms with Crippen LogP contribution in [0.2, 0.25) is 0 Å². The van der Waals surface area contributed by atoms with Crippen LogP contribution in [0.3, 0.4) is 0 Å². The average Bonchev–Trinajstić information content (AvgIpc) is 2.42.